The number of hydrogen-bond donors (Lipinski definition) is 1. The molecule has 128 valence electrons. The lowest BCUT2D eigenvalue weighted by Gasteiger charge is -2.27. The van der Waals surface area contributed by atoms with Crippen LogP contribution in [-0.2, 0) is 19.1 Å². The Morgan fingerprint density at radius 2 is 1.79 bits per heavy atom. The average molecular weight is 349 g/mol. The van der Waals surface area contributed by atoms with Crippen LogP contribution in [0.4, 0.5) is 0 Å². The first kappa shape index (κ1) is 18.1. The molecule has 6 nitrogen and oxygen atoms in total. The van der Waals surface area contributed by atoms with Crippen LogP contribution < -0.4 is 10.1 Å². The van der Waals surface area contributed by atoms with Crippen molar-refractivity contribution in [1.82, 2.24) is 5.32 Å². The SMILES string of the molecule is CC(=O)Oc1c(C)cc(C(OC(C)=O)C2SC=CNC2=O)cc1C. The topological polar surface area (TPSA) is 81.7 Å². The molecule has 1 heterocycles. The van der Waals surface area contributed by atoms with Gasteiger partial charge in [-0.25, -0.2) is 0 Å². The molecule has 1 aromatic carbocycles. The van der Waals surface area contributed by atoms with Crippen LogP contribution >= 0.6 is 11.8 Å². The maximum atomic E-state index is 12.1. The van der Waals surface area contributed by atoms with E-state index in [2.05, 4.69) is 5.32 Å². The highest BCUT2D eigenvalue weighted by atomic mass is 32.2. The zero-order valence-electron chi connectivity index (χ0n) is 13.9. The molecule has 0 fully saturated rings. The first-order chi connectivity index (χ1) is 11.3. The number of carbonyl (C=O) groups excluding carboxylic acids is 3. The Labute approximate surface area is 144 Å². The lowest BCUT2D eigenvalue weighted by molar-refractivity contribution is -0.147. The third-order valence-electron chi connectivity index (χ3n) is 3.40. The number of rotatable bonds is 4. The summed E-state index contributed by atoms with van der Waals surface area (Å²) in [6, 6.07) is 3.54. The van der Waals surface area contributed by atoms with Crippen LogP contribution in [0.25, 0.3) is 0 Å². The summed E-state index contributed by atoms with van der Waals surface area (Å²) in [5.41, 5.74) is 2.14. The molecule has 2 rings (SSSR count). The third-order valence-corrected chi connectivity index (χ3v) is 4.45. The largest absolute Gasteiger partial charge is 0.456 e. The summed E-state index contributed by atoms with van der Waals surface area (Å²) in [6.45, 7) is 6.24. The van der Waals surface area contributed by atoms with E-state index in [0.717, 1.165) is 11.1 Å². The number of ether oxygens (including phenoxy) is 2. The molecule has 1 aromatic rings. The second-order valence-electron chi connectivity index (χ2n) is 5.48. The summed E-state index contributed by atoms with van der Waals surface area (Å²) in [7, 11) is 0. The molecular weight excluding hydrogens is 330 g/mol. The van der Waals surface area contributed by atoms with E-state index in [0.29, 0.717) is 11.3 Å². The molecule has 2 unspecified atom stereocenters. The highest BCUT2D eigenvalue weighted by Crippen LogP contribution is 2.36. The fraction of sp³-hybridized carbons (Fsp3) is 0.353. The molecular formula is C17H19NO5S. The Hall–Kier alpha value is -2.28. The van der Waals surface area contributed by atoms with Gasteiger partial charge >= 0.3 is 11.9 Å². The van der Waals surface area contributed by atoms with Gasteiger partial charge in [-0.15, -0.1) is 11.8 Å². The van der Waals surface area contributed by atoms with Gasteiger partial charge in [0.05, 0.1) is 0 Å². The number of benzene rings is 1. The van der Waals surface area contributed by atoms with Crippen molar-refractivity contribution >= 4 is 29.6 Å². The summed E-state index contributed by atoms with van der Waals surface area (Å²) in [4.78, 5) is 34.9. The summed E-state index contributed by atoms with van der Waals surface area (Å²) < 4.78 is 10.6. The molecule has 0 spiro atoms. The number of nitrogens with one attached hydrogen (secondary N) is 1. The van der Waals surface area contributed by atoms with Crippen molar-refractivity contribution in [1.29, 1.82) is 0 Å². The zero-order valence-corrected chi connectivity index (χ0v) is 14.7. The number of hydrogen-bond acceptors (Lipinski definition) is 6. The molecule has 1 N–H and O–H groups in total. The van der Waals surface area contributed by atoms with Gasteiger partial charge < -0.3 is 14.8 Å². The van der Waals surface area contributed by atoms with Gasteiger partial charge in [0.2, 0.25) is 5.91 Å². The highest BCUT2D eigenvalue weighted by molar-refractivity contribution is 8.03. The van der Waals surface area contributed by atoms with Crippen LogP contribution in [-0.4, -0.2) is 23.1 Å². The molecule has 0 radical (unpaired) electrons. The van der Waals surface area contributed by atoms with Crippen LogP contribution in [0.5, 0.6) is 5.75 Å². The van der Waals surface area contributed by atoms with Crippen LogP contribution in [0.15, 0.2) is 23.7 Å². The number of amides is 1. The average Bonchev–Trinajstić information content (AvgIpc) is 2.49. The predicted octanol–water partition coefficient (Wildman–Crippen LogP) is 2.54. The van der Waals surface area contributed by atoms with Gasteiger partial charge in [-0.05, 0) is 48.1 Å². The van der Waals surface area contributed by atoms with Crippen molar-refractivity contribution in [2.45, 2.75) is 39.0 Å². The molecule has 1 amide bonds. The molecule has 0 bridgehead atoms. The summed E-state index contributed by atoms with van der Waals surface area (Å²) >= 11 is 1.29. The van der Waals surface area contributed by atoms with E-state index in [1.165, 1.54) is 25.6 Å². The smallest absolute Gasteiger partial charge is 0.308 e. The van der Waals surface area contributed by atoms with Crippen LogP contribution in [0.3, 0.4) is 0 Å². The lowest BCUT2D eigenvalue weighted by atomic mass is 9.99. The predicted molar refractivity (Wildman–Crippen MR) is 90.4 cm³/mol. The van der Waals surface area contributed by atoms with Crippen molar-refractivity contribution in [3.05, 3.63) is 40.4 Å². The Balaban J connectivity index is 2.43. The maximum absolute atomic E-state index is 12.1. The van der Waals surface area contributed by atoms with Gasteiger partial charge in [-0.2, -0.15) is 0 Å². The molecule has 0 saturated heterocycles. The zero-order chi connectivity index (χ0) is 17.9. The molecule has 0 saturated carbocycles. The normalized spacial score (nSPS) is 17.8. The first-order valence-electron chi connectivity index (χ1n) is 7.37. The van der Waals surface area contributed by atoms with Crippen molar-refractivity contribution in [2.24, 2.45) is 0 Å². The Morgan fingerprint density at radius 1 is 1.17 bits per heavy atom. The lowest BCUT2D eigenvalue weighted by Crippen LogP contribution is -2.37. The van der Waals surface area contributed by atoms with Gasteiger partial charge in [0.1, 0.15) is 17.1 Å². The van der Waals surface area contributed by atoms with Crippen LogP contribution in [0.2, 0.25) is 0 Å². The van der Waals surface area contributed by atoms with Gasteiger partial charge in [-0.3, -0.25) is 14.4 Å². The van der Waals surface area contributed by atoms with E-state index in [1.54, 1.807) is 37.6 Å². The van der Waals surface area contributed by atoms with Crippen molar-refractivity contribution < 1.29 is 23.9 Å². The van der Waals surface area contributed by atoms with E-state index >= 15 is 0 Å². The molecule has 24 heavy (non-hydrogen) atoms. The van der Waals surface area contributed by atoms with E-state index < -0.39 is 23.3 Å². The standard InChI is InChI=1S/C17H19NO5S/c1-9-7-13(8-10(2)14(9)22-11(3)19)15(23-12(4)20)16-17(21)18-5-6-24-16/h5-8,15-16H,1-4H3,(H,18,21). The Kier molecular flexibility index (Phi) is 5.66. The summed E-state index contributed by atoms with van der Waals surface area (Å²) in [5, 5.41) is 3.78. The fourth-order valence-corrected chi connectivity index (χ4v) is 3.39. The van der Waals surface area contributed by atoms with Crippen LogP contribution in [0.1, 0.15) is 36.6 Å². The van der Waals surface area contributed by atoms with E-state index in [1.807, 2.05) is 0 Å². The third kappa shape index (κ3) is 4.17. The van der Waals surface area contributed by atoms with Gasteiger partial charge in [-0.1, -0.05) is 0 Å². The minimum atomic E-state index is -0.735. The number of aryl methyl sites for hydroxylation is 2. The molecule has 1 aliphatic rings. The maximum Gasteiger partial charge on any atom is 0.308 e. The second kappa shape index (κ2) is 7.53. The van der Waals surface area contributed by atoms with Crippen LogP contribution in [0, 0.1) is 13.8 Å². The Bertz CT molecular complexity index is 690. The van der Waals surface area contributed by atoms with Gasteiger partial charge in [0, 0.05) is 20.0 Å². The quantitative estimate of drug-likeness (QED) is 0.664. The first-order valence-corrected chi connectivity index (χ1v) is 8.31. The van der Waals surface area contributed by atoms with Crippen molar-refractivity contribution in [3.63, 3.8) is 0 Å². The fourth-order valence-electron chi connectivity index (χ4n) is 2.53. The minimum absolute atomic E-state index is 0.229. The Morgan fingerprint density at radius 3 is 2.29 bits per heavy atom. The van der Waals surface area contributed by atoms with Gasteiger partial charge in [0.15, 0.2) is 0 Å². The molecule has 0 aromatic heterocycles. The van der Waals surface area contributed by atoms with E-state index in [4.69, 9.17) is 9.47 Å². The summed E-state index contributed by atoms with van der Waals surface area (Å²) in [6.07, 6.45) is 0.815. The number of carbonyl (C=O) groups is 3. The molecule has 7 heteroatoms. The van der Waals surface area contributed by atoms with E-state index in [9.17, 15) is 14.4 Å². The summed E-state index contributed by atoms with van der Waals surface area (Å²) in [5.74, 6) is -0.623. The van der Waals surface area contributed by atoms with Crippen molar-refractivity contribution in [2.75, 3.05) is 0 Å². The molecule has 1 aliphatic heterocycles. The van der Waals surface area contributed by atoms with Gasteiger partial charge in [0.25, 0.3) is 0 Å². The molecule has 2 atom stereocenters. The second-order valence-corrected chi connectivity index (χ2v) is 6.53. The monoisotopic (exact) mass is 349 g/mol. The highest BCUT2D eigenvalue weighted by Gasteiger charge is 2.34. The van der Waals surface area contributed by atoms with E-state index in [-0.39, 0.29) is 5.91 Å². The van der Waals surface area contributed by atoms with Crippen molar-refractivity contribution in [3.8, 4) is 5.75 Å². The minimum Gasteiger partial charge on any atom is -0.456 e. The number of thioether (sulfide) groups is 1. The number of esters is 2. The molecule has 0 aliphatic carbocycles.